The Hall–Kier alpha value is -5.68. The lowest BCUT2D eigenvalue weighted by Gasteiger charge is -2.20. The fourth-order valence-corrected chi connectivity index (χ4v) is 5.92. The number of hydrogen-bond donors (Lipinski definition) is 5. The molecule has 0 amide bonds. The predicted octanol–water partition coefficient (Wildman–Crippen LogP) is 8.68. The van der Waals surface area contributed by atoms with Crippen molar-refractivity contribution >= 4 is 32.3 Å². The summed E-state index contributed by atoms with van der Waals surface area (Å²) < 4.78 is 0. The van der Waals surface area contributed by atoms with E-state index in [1.54, 1.807) is 0 Å². The van der Waals surface area contributed by atoms with Crippen LogP contribution in [0.3, 0.4) is 0 Å². The monoisotopic (exact) mass is 536 g/mol. The quantitative estimate of drug-likeness (QED) is 0.0884. The van der Waals surface area contributed by atoms with Crippen LogP contribution < -0.4 is 0 Å². The highest BCUT2D eigenvalue weighted by Crippen LogP contribution is 2.57. The average molecular weight is 537 g/mol. The van der Waals surface area contributed by atoms with E-state index in [2.05, 4.69) is 42.5 Å². The Bertz CT molecular complexity index is 2060. The molecular formula is C36H24O5. The second-order valence-electron chi connectivity index (χ2n) is 10.1. The molecule has 7 rings (SSSR count). The first kappa shape index (κ1) is 24.4. The lowest BCUT2D eigenvalue weighted by atomic mass is 9.84. The Labute approximate surface area is 235 Å². The third-order valence-electron chi connectivity index (χ3n) is 7.81. The molecule has 0 radical (unpaired) electrons. The number of rotatable bonds is 3. The van der Waals surface area contributed by atoms with E-state index in [1.165, 1.54) is 0 Å². The van der Waals surface area contributed by atoms with Gasteiger partial charge >= 0.3 is 0 Å². The molecule has 0 bridgehead atoms. The van der Waals surface area contributed by atoms with Gasteiger partial charge in [-0.1, -0.05) is 109 Å². The molecule has 0 fully saturated rings. The predicted molar refractivity (Wildman–Crippen MR) is 164 cm³/mol. The largest absolute Gasteiger partial charge is 0.504 e. The SMILES string of the molecule is Oc1c(O)c(O)c(-c2c3ccccc3c(-c3cccc4cc(-c5ccccc5)ccc34)c3ccccc23)c(O)c1O. The van der Waals surface area contributed by atoms with Gasteiger partial charge in [0.05, 0.1) is 5.56 Å². The molecule has 0 saturated carbocycles. The van der Waals surface area contributed by atoms with Crippen LogP contribution in [0.5, 0.6) is 28.7 Å². The van der Waals surface area contributed by atoms with Crippen molar-refractivity contribution < 1.29 is 25.5 Å². The molecule has 0 aliphatic carbocycles. The molecule has 5 N–H and O–H groups in total. The number of benzene rings is 7. The van der Waals surface area contributed by atoms with Gasteiger partial charge in [0.1, 0.15) is 0 Å². The minimum Gasteiger partial charge on any atom is -0.504 e. The van der Waals surface area contributed by atoms with Crippen LogP contribution in [0.1, 0.15) is 0 Å². The van der Waals surface area contributed by atoms with Gasteiger partial charge in [-0.25, -0.2) is 0 Å². The standard InChI is InChI=1S/C36H24O5/c37-32-31(33(38)35(40)36(41)34(32)39)30-27-14-6-4-12-25(27)29(26-13-5-7-15-28(26)30)24-16-8-11-22-19-21(17-18-23(22)24)20-9-2-1-3-10-20/h1-19,37-41H. The lowest BCUT2D eigenvalue weighted by molar-refractivity contribution is 0.330. The van der Waals surface area contributed by atoms with Crippen molar-refractivity contribution in [2.24, 2.45) is 0 Å². The number of phenolic OH excluding ortho intramolecular Hbond substituents is 5. The molecule has 0 atom stereocenters. The molecule has 0 spiro atoms. The molecule has 5 nitrogen and oxygen atoms in total. The summed E-state index contributed by atoms with van der Waals surface area (Å²) in [6, 6.07) is 38.2. The van der Waals surface area contributed by atoms with Gasteiger partial charge < -0.3 is 25.5 Å². The number of phenols is 5. The third kappa shape index (κ3) is 3.63. The summed E-state index contributed by atoms with van der Waals surface area (Å²) in [6.45, 7) is 0. The van der Waals surface area contributed by atoms with E-state index in [0.717, 1.165) is 43.8 Å². The summed E-state index contributed by atoms with van der Waals surface area (Å²) in [5.41, 5.74) is 4.52. The summed E-state index contributed by atoms with van der Waals surface area (Å²) in [5, 5.41) is 57.9. The van der Waals surface area contributed by atoms with Crippen molar-refractivity contribution in [1.29, 1.82) is 0 Å². The van der Waals surface area contributed by atoms with E-state index in [9.17, 15) is 25.5 Å². The van der Waals surface area contributed by atoms with Crippen molar-refractivity contribution in [1.82, 2.24) is 0 Å². The van der Waals surface area contributed by atoms with Gasteiger partial charge in [0.15, 0.2) is 11.5 Å². The van der Waals surface area contributed by atoms with Crippen molar-refractivity contribution in [3.8, 4) is 62.1 Å². The molecule has 198 valence electrons. The maximum absolute atomic E-state index is 10.9. The van der Waals surface area contributed by atoms with E-state index in [1.807, 2.05) is 72.8 Å². The molecule has 0 saturated heterocycles. The van der Waals surface area contributed by atoms with Crippen LogP contribution in [0, 0.1) is 0 Å². The minimum absolute atomic E-state index is 0.165. The Balaban J connectivity index is 1.59. The lowest BCUT2D eigenvalue weighted by Crippen LogP contribution is -1.93. The highest BCUT2D eigenvalue weighted by molar-refractivity contribution is 6.24. The fourth-order valence-electron chi connectivity index (χ4n) is 5.92. The zero-order valence-electron chi connectivity index (χ0n) is 21.7. The Kier molecular flexibility index (Phi) is 5.47. The van der Waals surface area contributed by atoms with Gasteiger partial charge in [0, 0.05) is 5.56 Å². The van der Waals surface area contributed by atoms with Crippen molar-refractivity contribution in [3.05, 3.63) is 115 Å². The molecule has 0 heterocycles. The summed E-state index contributed by atoms with van der Waals surface area (Å²) in [4.78, 5) is 0. The second kappa shape index (κ2) is 9.21. The van der Waals surface area contributed by atoms with Crippen LogP contribution in [-0.4, -0.2) is 25.5 Å². The molecule has 5 heteroatoms. The van der Waals surface area contributed by atoms with E-state index < -0.39 is 28.7 Å². The first-order valence-corrected chi connectivity index (χ1v) is 13.2. The van der Waals surface area contributed by atoms with Gasteiger partial charge in [-0.05, 0) is 60.6 Å². The molecule has 0 aliphatic rings. The Morgan fingerprint density at radius 3 is 1.41 bits per heavy atom. The number of aromatic hydroxyl groups is 5. The highest BCUT2D eigenvalue weighted by Gasteiger charge is 2.28. The van der Waals surface area contributed by atoms with Crippen LogP contribution in [0.25, 0.3) is 65.7 Å². The first-order chi connectivity index (χ1) is 20.0. The topological polar surface area (TPSA) is 101 Å². The first-order valence-electron chi connectivity index (χ1n) is 13.2. The van der Waals surface area contributed by atoms with Crippen LogP contribution in [0.4, 0.5) is 0 Å². The van der Waals surface area contributed by atoms with Crippen LogP contribution in [0.2, 0.25) is 0 Å². The number of hydrogen-bond acceptors (Lipinski definition) is 5. The maximum Gasteiger partial charge on any atom is 0.208 e. The molecular weight excluding hydrogens is 512 g/mol. The van der Waals surface area contributed by atoms with Crippen molar-refractivity contribution in [2.75, 3.05) is 0 Å². The Morgan fingerprint density at radius 1 is 0.317 bits per heavy atom. The van der Waals surface area contributed by atoms with Crippen LogP contribution in [-0.2, 0) is 0 Å². The summed E-state index contributed by atoms with van der Waals surface area (Å²) in [7, 11) is 0. The van der Waals surface area contributed by atoms with E-state index in [-0.39, 0.29) is 5.56 Å². The normalized spacial score (nSPS) is 11.4. The molecule has 7 aromatic rings. The average Bonchev–Trinajstić information content (AvgIpc) is 3.02. The molecule has 0 aliphatic heterocycles. The third-order valence-corrected chi connectivity index (χ3v) is 7.81. The summed E-state index contributed by atoms with van der Waals surface area (Å²) >= 11 is 0. The van der Waals surface area contributed by atoms with Gasteiger partial charge in [-0.15, -0.1) is 0 Å². The Morgan fingerprint density at radius 2 is 0.829 bits per heavy atom. The smallest absolute Gasteiger partial charge is 0.208 e. The minimum atomic E-state index is -0.986. The van der Waals surface area contributed by atoms with Gasteiger partial charge in [-0.2, -0.15) is 0 Å². The fraction of sp³-hybridized carbons (Fsp3) is 0. The maximum atomic E-state index is 10.9. The molecule has 41 heavy (non-hydrogen) atoms. The van der Waals surface area contributed by atoms with E-state index in [0.29, 0.717) is 16.3 Å². The van der Waals surface area contributed by atoms with Gasteiger partial charge in [0.2, 0.25) is 17.2 Å². The van der Waals surface area contributed by atoms with E-state index in [4.69, 9.17) is 0 Å². The van der Waals surface area contributed by atoms with Crippen LogP contribution >= 0.6 is 0 Å². The van der Waals surface area contributed by atoms with Gasteiger partial charge in [-0.3, -0.25) is 0 Å². The summed E-state index contributed by atoms with van der Waals surface area (Å²) in [5.74, 6) is -4.25. The summed E-state index contributed by atoms with van der Waals surface area (Å²) in [6.07, 6.45) is 0. The van der Waals surface area contributed by atoms with Gasteiger partial charge in [0.25, 0.3) is 0 Å². The van der Waals surface area contributed by atoms with Crippen molar-refractivity contribution in [2.45, 2.75) is 0 Å². The second-order valence-corrected chi connectivity index (χ2v) is 10.1. The molecule has 0 aromatic heterocycles. The van der Waals surface area contributed by atoms with Crippen LogP contribution in [0.15, 0.2) is 115 Å². The molecule has 0 unspecified atom stereocenters. The zero-order valence-corrected chi connectivity index (χ0v) is 21.7. The number of fused-ring (bicyclic) bond motifs is 3. The van der Waals surface area contributed by atoms with Crippen molar-refractivity contribution in [3.63, 3.8) is 0 Å². The zero-order chi connectivity index (χ0) is 28.2. The van der Waals surface area contributed by atoms with E-state index >= 15 is 0 Å². The highest BCUT2D eigenvalue weighted by atomic mass is 16.4. The molecule has 7 aromatic carbocycles.